The standard InChI is InChI=1S/C24H36N2O5S/c1-15(2)13-17-7-9-18(10-8-17)16(3)22-26(23(30)31-24(4,5)6)19(14-32-22)21(29)25-12-11-20(27)28/h7-10,15-16,19,22H,11-14H2,1-6H3,(H,25,29)(H,27,28)/t16-,19-,22?/m0/s1. The van der Waals surface area contributed by atoms with Gasteiger partial charge in [0.2, 0.25) is 5.91 Å². The quantitative estimate of drug-likeness (QED) is 0.597. The minimum absolute atomic E-state index is 0.0163. The van der Waals surface area contributed by atoms with Crippen molar-refractivity contribution in [1.82, 2.24) is 10.2 Å². The average Bonchev–Trinajstić information content (AvgIpc) is 3.11. The minimum Gasteiger partial charge on any atom is -0.481 e. The molecule has 0 aliphatic carbocycles. The van der Waals surface area contributed by atoms with Crippen molar-refractivity contribution in [1.29, 1.82) is 0 Å². The van der Waals surface area contributed by atoms with E-state index in [0.717, 1.165) is 12.0 Å². The topological polar surface area (TPSA) is 95.9 Å². The Morgan fingerprint density at radius 2 is 1.81 bits per heavy atom. The molecule has 0 radical (unpaired) electrons. The zero-order valence-electron chi connectivity index (χ0n) is 19.9. The molecule has 1 heterocycles. The van der Waals surface area contributed by atoms with Crippen LogP contribution in [0.25, 0.3) is 0 Å². The number of hydrogen-bond donors (Lipinski definition) is 2. The summed E-state index contributed by atoms with van der Waals surface area (Å²) in [5, 5.41) is 11.2. The lowest BCUT2D eigenvalue weighted by Gasteiger charge is -2.34. The van der Waals surface area contributed by atoms with E-state index in [1.54, 1.807) is 32.5 Å². The Hall–Kier alpha value is -2.22. The summed E-state index contributed by atoms with van der Waals surface area (Å²) in [7, 11) is 0. The van der Waals surface area contributed by atoms with Gasteiger partial charge in [0.1, 0.15) is 11.6 Å². The molecule has 0 bridgehead atoms. The van der Waals surface area contributed by atoms with Gasteiger partial charge in [-0.2, -0.15) is 0 Å². The van der Waals surface area contributed by atoms with Crippen molar-refractivity contribution in [2.45, 2.75) is 77.3 Å². The maximum atomic E-state index is 13.1. The van der Waals surface area contributed by atoms with Crippen molar-refractivity contribution in [2.75, 3.05) is 12.3 Å². The SMILES string of the molecule is CC(C)Cc1ccc([C@H](C)C2SC[C@@H](C(=O)NCCC(=O)O)N2C(=O)OC(C)(C)C)cc1. The Balaban J connectivity index is 2.22. The van der Waals surface area contributed by atoms with E-state index in [2.05, 4.69) is 50.4 Å². The number of ether oxygens (including phenoxy) is 1. The molecular weight excluding hydrogens is 428 g/mol. The van der Waals surface area contributed by atoms with Crippen LogP contribution in [0, 0.1) is 5.92 Å². The molecule has 0 saturated carbocycles. The summed E-state index contributed by atoms with van der Waals surface area (Å²) in [6, 6.07) is 7.72. The molecule has 1 saturated heterocycles. The van der Waals surface area contributed by atoms with Crippen LogP contribution in [-0.4, -0.2) is 57.3 Å². The van der Waals surface area contributed by atoms with Crippen molar-refractivity contribution < 1.29 is 24.2 Å². The molecule has 3 atom stereocenters. The van der Waals surface area contributed by atoms with Crippen molar-refractivity contribution in [3.05, 3.63) is 35.4 Å². The van der Waals surface area contributed by atoms with E-state index in [1.165, 1.54) is 10.5 Å². The number of carbonyl (C=O) groups excluding carboxylic acids is 2. The first-order valence-corrected chi connectivity index (χ1v) is 12.1. The molecule has 8 heteroatoms. The van der Waals surface area contributed by atoms with Gasteiger partial charge in [0.15, 0.2) is 0 Å². The summed E-state index contributed by atoms with van der Waals surface area (Å²) < 4.78 is 5.62. The van der Waals surface area contributed by atoms with E-state index in [4.69, 9.17) is 9.84 Å². The van der Waals surface area contributed by atoms with Gasteiger partial charge in [-0.3, -0.25) is 14.5 Å². The van der Waals surface area contributed by atoms with Gasteiger partial charge in [0, 0.05) is 18.2 Å². The molecule has 0 spiro atoms. The molecule has 1 aromatic carbocycles. The maximum absolute atomic E-state index is 13.1. The molecule has 1 aliphatic rings. The van der Waals surface area contributed by atoms with Gasteiger partial charge in [0.05, 0.1) is 11.8 Å². The molecular formula is C24H36N2O5S. The van der Waals surface area contributed by atoms with Crippen molar-refractivity contribution in [2.24, 2.45) is 5.92 Å². The molecule has 1 fully saturated rings. The third-order valence-corrected chi connectivity index (χ3v) is 6.64. The maximum Gasteiger partial charge on any atom is 0.411 e. The fourth-order valence-corrected chi connectivity index (χ4v) is 5.20. The van der Waals surface area contributed by atoms with E-state index < -0.39 is 23.7 Å². The van der Waals surface area contributed by atoms with E-state index in [0.29, 0.717) is 11.7 Å². The predicted molar refractivity (Wildman–Crippen MR) is 127 cm³/mol. The van der Waals surface area contributed by atoms with E-state index in [1.807, 2.05) is 0 Å². The number of amides is 2. The lowest BCUT2D eigenvalue weighted by Crippen LogP contribution is -2.52. The Bertz CT molecular complexity index is 804. The zero-order chi connectivity index (χ0) is 24.1. The summed E-state index contributed by atoms with van der Waals surface area (Å²) in [5.41, 5.74) is 1.67. The number of carbonyl (C=O) groups is 3. The molecule has 32 heavy (non-hydrogen) atoms. The number of hydrogen-bond acceptors (Lipinski definition) is 5. The number of benzene rings is 1. The number of thioether (sulfide) groups is 1. The number of nitrogens with zero attached hydrogens (tertiary/aromatic N) is 1. The first-order valence-electron chi connectivity index (χ1n) is 11.1. The summed E-state index contributed by atoms with van der Waals surface area (Å²) in [4.78, 5) is 38.2. The lowest BCUT2D eigenvalue weighted by molar-refractivity contribution is -0.137. The van der Waals surface area contributed by atoms with Gasteiger partial charge in [-0.15, -0.1) is 11.8 Å². The van der Waals surface area contributed by atoms with Crippen LogP contribution < -0.4 is 5.32 Å². The largest absolute Gasteiger partial charge is 0.481 e. The zero-order valence-corrected chi connectivity index (χ0v) is 20.7. The molecule has 0 aromatic heterocycles. The fraction of sp³-hybridized carbons (Fsp3) is 0.625. The predicted octanol–water partition coefficient (Wildman–Crippen LogP) is 4.26. The highest BCUT2D eigenvalue weighted by Gasteiger charge is 2.45. The van der Waals surface area contributed by atoms with Crippen molar-refractivity contribution in [3.63, 3.8) is 0 Å². The highest BCUT2D eigenvalue weighted by Crippen LogP contribution is 2.39. The highest BCUT2D eigenvalue weighted by molar-refractivity contribution is 8.00. The Morgan fingerprint density at radius 3 is 2.34 bits per heavy atom. The first kappa shape index (κ1) is 26.0. The summed E-state index contributed by atoms with van der Waals surface area (Å²) in [6.45, 7) is 11.8. The summed E-state index contributed by atoms with van der Waals surface area (Å²) >= 11 is 1.55. The van der Waals surface area contributed by atoms with Gasteiger partial charge < -0.3 is 15.2 Å². The second-order valence-corrected chi connectivity index (χ2v) is 10.8. The number of rotatable bonds is 8. The molecule has 7 nitrogen and oxygen atoms in total. The number of carboxylic acid groups (broad SMARTS) is 1. The molecule has 178 valence electrons. The molecule has 2 amide bonds. The van der Waals surface area contributed by atoms with Crippen molar-refractivity contribution in [3.8, 4) is 0 Å². The molecule has 1 aliphatic heterocycles. The van der Waals surface area contributed by atoms with Crippen LogP contribution in [-0.2, 0) is 20.7 Å². The highest BCUT2D eigenvalue weighted by atomic mass is 32.2. The van der Waals surface area contributed by atoms with Crippen LogP contribution in [0.15, 0.2) is 24.3 Å². The molecule has 1 unspecified atom stereocenters. The number of nitrogens with one attached hydrogen (secondary N) is 1. The fourth-order valence-electron chi connectivity index (χ4n) is 3.66. The van der Waals surface area contributed by atoms with E-state index in [-0.39, 0.29) is 30.2 Å². The van der Waals surface area contributed by atoms with Crippen LogP contribution >= 0.6 is 11.8 Å². The lowest BCUT2D eigenvalue weighted by atomic mass is 9.96. The average molecular weight is 465 g/mol. The van der Waals surface area contributed by atoms with Crippen LogP contribution in [0.5, 0.6) is 0 Å². The van der Waals surface area contributed by atoms with Crippen LogP contribution in [0.3, 0.4) is 0 Å². The Labute approximate surface area is 195 Å². The van der Waals surface area contributed by atoms with Gasteiger partial charge in [0.25, 0.3) is 0 Å². The number of carboxylic acids is 1. The summed E-state index contributed by atoms with van der Waals surface area (Å²) in [6.07, 6.45) is 0.310. The minimum atomic E-state index is -0.984. The van der Waals surface area contributed by atoms with Gasteiger partial charge in [-0.05, 0) is 44.2 Å². The van der Waals surface area contributed by atoms with E-state index >= 15 is 0 Å². The normalized spacial score (nSPS) is 19.7. The van der Waals surface area contributed by atoms with Gasteiger partial charge in [-0.25, -0.2) is 4.79 Å². The second kappa shape index (κ2) is 11.1. The van der Waals surface area contributed by atoms with Crippen LogP contribution in [0.2, 0.25) is 0 Å². The first-order chi connectivity index (χ1) is 14.9. The Morgan fingerprint density at radius 1 is 1.19 bits per heavy atom. The third kappa shape index (κ3) is 7.43. The monoisotopic (exact) mass is 464 g/mol. The van der Waals surface area contributed by atoms with Crippen LogP contribution in [0.1, 0.15) is 65.0 Å². The van der Waals surface area contributed by atoms with Gasteiger partial charge >= 0.3 is 12.1 Å². The summed E-state index contributed by atoms with van der Waals surface area (Å²) in [5.74, 6) is -0.350. The van der Waals surface area contributed by atoms with Gasteiger partial charge in [-0.1, -0.05) is 45.0 Å². The Kier molecular flexibility index (Phi) is 9.01. The number of aliphatic carboxylic acids is 1. The molecule has 2 N–H and O–H groups in total. The van der Waals surface area contributed by atoms with Crippen molar-refractivity contribution >= 4 is 29.7 Å². The third-order valence-electron chi connectivity index (χ3n) is 5.16. The van der Waals surface area contributed by atoms with Crippen LogP contribution in [0.4, 0.5) is 4.79 Å². The van der Waals surface area contributed by atoms with E-state index in [9.17, 15) is 14.4 Å². The smallest absolute Gasteiger partial charge is 0.411 e. The second-order valence-electron chi connectivity index (χ2n) is 9.69. The molecule has 1 aromatic rings. The molecule has 2 rings (SSSR count).